The van der Waals surface area contributed by atoms with E-state index < -0.39 is 0 Å². The van der Waals surface area contributed by atoms with Crippen molar-refractivity contribution < 1.29 is 4.39 Å². The Morgan fingerprint density at radius 3 is 2.83 bits per heavy atom. The Morgan fingerprint density at radius 1 is 1.21 bits per heavy atom. The van der Waals surface area contributed by atoms with Gasteiger partial charge in [0, 0.05) is 18.8 Å². The summed E-state index contributed by atoms with van der Waals surface area (Å²) in [6.07, 6.45) is 2.35. The van der Waals surface area contributed by atoms with Crippen molar-refractivity contribution in [2.24, 2.45) is 5.92 Å². The third kappa shape index (κ3) is 2.86. The molecule has 2 N–H and O–H groups in total. The van der Waals surface area contributed by atoms with Gasteiger partial charge in [-0.15, -0.1) is 5.10 Å². The van der Waals surface area contributed by atoms with Crippen LogP contribution >= 0.6 is 0 Å². The van der Waals surface area contributed by atoms with Crippen molar-refractivity contribution in [1.29, 1.82) is 0 Å². The van der Waals surface area contributed by atoms with Gasteiger partial charge in [-0.3, -0.25) is 0 Å². The van der Waals surface area contributed by atoms with Crippen molar-refractivity contribution in [3.8, 4) is 0 Å². The summed E-state index contributed by atoms with van der Waals surface area (Å²) < 4.78 is 13.1. The lowest BCUT2D eigenvalue weighted by Crippen LogP contribution is -2.35. The smallest absolute Gasteiger partial charge is 0.229 e. The minimum atomic E-state index is -0.280. The summed E-state index contributed by atoms with van der Waals surface area (Å²) in [7, 11) is 0. The van der Waals surface area contributed by atoms with Crippen LogP contribution in [0.2, 0.25) is 0 Å². The molecular weight excluding hydrogens is 309 g/mol. The van der Waals surface area contributed by atoms with Gasteiger partial charge in [-0.25, -0.2) is 4.39 Å². The Morgan fingerprint density at radius 2 is 2.04 bits per heavy atom. The van der Waals surface area contributed by atoms with Crippen LogP contribution in [0.15, 0.2) is 24.3 Å². The van der Waals surface area contributed by atoms with E-state index in [0.717, 1.165) is 25.2 Å². The fraction of sp³-hybridized carbons (Fsp3) is 0.375. The number of halogens is 1. The summed E-state index contributed by atoms with van der Waals surface area (Å²) in [6.45, 7) is 4.10. The number of H-pyrrole nitrogens is 1. The number of hydrogen-bond donors (Lipinski definition) is 2. The first-order chi connectivity index (χ1) is 11.7. The van der Waals surface area contributed by atoms with Crippen LogP contribution in [-0.2, 0) is 0 Å². The number of aromatic nitrogens is 5. The fourth-order valence-corrected chi connectivity index (χ4v) is 3.00. The van der Waals surface area contributed by atoms with Crippen LogP contribution in [0.25, 0.3) is 11.2 Å². The number of nitrogens with one attached hydrogen (secondary N) is 2. The fourth-order valence-electron chi connectivity index (χ4n) is 3.00. The van der Waals surface area contributed by atoms with Gasteiger partial charge in [-0.05, 0) is 43.0 Å². The molecule has 124 valence electrons. The van der Waals surface area contributed by atoms with Crippen molar-refractivity contribution in [1.82, 2.24) is 25.4 Å². The van der Waals surface area contributed by atoms with Gasteiger partial charge in [0.1, 0.15) is 5.82 Å². The van der Waals surface area contributed by atoms with E-state index >= 15 is 0 Å². The van der Waals surface area contributed by atoms with Gasteiger partial charge < -0.3 is 10.2 Å². The molecule has 0 bridgehead atoms. The van der Waals surface area contributed by atoms with Gasteiger partial charge in [0.25, 0.3) is 0 Å². The van der Waals surface area contributed by atoms with Crippen molar-refractivity contribution in [3.63, 3.8) is 0 Å². The molecular formula is C16H18FN7. The van der Waals surface area contributed by atoms with Crippen LogP contribution in [-0.4, -0.2) is 38.5 Å². The second-order valence-electron chi connectivity index (χ2n) is 6.19. The first-order valence-electron chi connectivity index (χ1n) is 8.05. The molecule has 4 rings (SSSR count). The lowest BCUT2D eigenvalue weighted by molar-refractivity contribution is 0.442. The Bertz CT molecular complexity index is 845. The lowest BCUT2D eigenvalue weighted by Gasteiger charge is -2.30. The van der Waals surface area contributed by atoms with E-state index in [1.165, 1.54) is 18.6 Å². The zero-order valence-corrected chi connectivity index (χ0v) is 13.3. The minimum absolute atomic E-state index is 0.280. The monoisotopic (exact) mass is 327 g/mol. The van der Waals surface area contributed by atoms with Crippen LogP contribution < -0.4 is 10.2 Å². The molecule has 0 spiro atoms. The minimum Gasteiger partial charge on any atom is -0.340 e. The second-order valence-corrected chi connectivity index (χ2v) is 6.19. The molecule has 2 aromatic heterocycles. The van der Waals surface area contributed by atoms with Gasteiger partial charge in [-0.1, -0.05) is 6.92 Å². The maximum Gasteiger partial charge on any atom is 0.229 e. The highest BCUT2D eigenvalue weighted by Crippen LogP contribution is 2.26. The van der Waals surface area contributed by atoms with Crippen molar-refractivity contribution in [2.75, 3.05) is 23.3 Å². The summed E-state index contributed by atoms with van der Waals surface area (Å²) in [5, 5.41) is 14.0. The van der Waals surface area contributed by atoms with Gasteiger partial charge in [-0.2, -0.15) is 20.3 Å². The molecule has 1 aliphatic heterocycles. The Kier molecular flexibility index (Phi) is 3.72. The number of benzene rings is 1. The van der Waals surface area contributed by atoms with Crippen LogP contribution in [0, 0.1) is 11.7 Å². The average Bonchev–Trinajstić information content (AvgIpc) is 3.06. The molecule has 8 heteroatoms. The van der Waals surface area contributed by atoms with Gasteiger partial charge in [0.05, 0.1) is 0 Å². The third-order valence-electron chi connectivity index (χ3n) is 4.22. The lowest BCUT2D eigenvalue weighted by atomic mass is 10.0. The maximum atomic E-state index is 13.1. The highest BCUT2D eigenvalue weighted by molar-refractivity contribution is 5.85. The largest absolute Gasteiger partial charge is 0.340 e. The molecule has 1 saturated heterocycles. The Hall–Kier alpha value is -2.77. The van der Waals surface area contributed by atoms with E-state index in [0.29, 0.717) is 28.8 Å². The van der Waals surface area contributed by atoms with Gasteiger partial charge >= 0.3 is 0 Å². The van der Waals surface area contributed by atoms with Crippen LogP contribution in [0.5, 0.6) is 0 Å². The quantitative estimate of drug-likeness (QED) is 0.770. The highest BCUT2D eigenvalue weighted by atomic mass is 19.1. The molecule has 0 aliphatic carbocycles. The molecule has 0 saturated carbocycles. The zero-order valence-electron chi connectivity index (χ0n) is 13.3. The topological polar surface area (TPSA) is 82.6 Å². The number of fused-ring (bicyclic) bond motifs is 1. The molecule has 7 nitrogen and oxygen atoms in total. The summed E-state index contributed by atoms with van der Waals surface area (Å²) in [4.78, 5) is 11.3. The second kappa shape index (κ2) is 6.03. The van der Waals surface area contributed by atoms with E-state index in [2.05, 4.69) is 42.5 Å². The molecule has 1 fully saturated rings. The van der Waals surface area contributed by atoms with Crippen LogP contribution in [0.1, 0.15) is 19.8 Å². The molecule has 1 aliphatic rings. The maximum absolute atomic E-state index is 13.1. The molecule has 3 aromatic rings. The van der Waals surface area contributed by atoms with Crippen molar-refractivity contribution >= 4 is 28.6 Å². The van der Waals surface area contributed by atoms with Crippen LogP contribution in [0.4, 0.5) is 21.8 Å². The number of aromatic amines is 1. The molecule has 1 aromatic carbocycles. The van der Waals surface area contributed by atoms with Gasteiger partial charge in [0.15, 0.2) is 11.3 Å². The van der Waals surface area contributed by atoms with E-state index in [9.17, 15) is 4.39 Å². The number of rotatable bonds is 3. The number of anilines is 3. The Labute approximate surface area is 138 Å². The SMILES string of the molecule is C[C@H]1CCCN(c2nc(Nc3ccc(F)cc3)c3n[nH]nc3n2)C1. The number of nitrogens with zero attached hydrogens (tertiary/aromatic N) is 5. The highest BCUT2D eigenvalue weighted by Gasteiger charge is 2.21. The van der Waals surface area contributed by atoms with Crippen molar-refractivity contribution in [3.05, 3.63) is 30.1 Å². The van der Waals surface area contributed by atoms with E-state index in [1.807, 2.05) is 0 Å². The first kappa shape index (κ1) is 14.8. The predicted octanol–water partition coefficient (Wildman–Crippen LogP) is 2.87. The van der Waals surface area contributed by atoms with Gasteiger partial charge in [0.2, 0.25) is 11.6 Å². The summed E-state index contributed by atoms with van der Waals surface area (Å²) >= 11 is 0. The summed E-state index contributed by atoms with van der Waals surface area (Å²) in [5.41, 5.74) is 1.81. The normalized spacial score (nSPS) is 18.1. The molecule has 24 heavy (non-hydrogen) atoms. The molecule has 3 heterocycles. The van der Waals surface area contributed by atoms with E-state index in [4.69, 9.17) is 0 Å². The number of piperidine rings is 1. The zero-order chi connectivity index (χ0) is 16.5. The average molecular weight is 327 g/mol. The predicted molar refractivity (Wildman–Crippen MR) is 89.8 cm³/mol. The number of hydrogen-bond acceptors (Lipinski definition) is 6. The van der Waals surface area contributed by atoms with E-state index in [1.54, 1.807) is 12.1 Å². The molecule has 0 radical (unpaired) electrons. The Balaban J connectivity index is 1.70. The summed E-state index contributed by atoms with van der Waals surface area (Å²) in [6, 6.07) is 6.12. The van der Waals surface area contributed by atoms with E-state index in [-0.39, 0.29) is 5.82 Å². The molecule has 0 amide bonds. The summed E-state index contributed by atoms with van der Waals surface area (Å²) in [5.74, 6) is 1.54. The standard InChI is InChI=1S/C16H18FN7/c1-10-3-2-8-24(9-10)16-19-14(13-15(20-16)22-23-21-13)18-12-6-4-11(17)5-7-12/h4-7,10H,2-3,8-9H2,1H3,(H2,18,19,20,21,22,23)/t10-/m0/s1. The van der Waals surface area contributed by atoms with Crippen molar-refractivity contribution in [2.45, 2.75) is 19.8 Å². The molecule has 1 atom stereocenters. The molecule has 0 unspecified atom stereocenters. The first-order valence-corrected chi connectivity index (χ1v) is 8.05. The van der Waals surface area contributed by atoms with Crippen LogP contribution in [0.3, 0.4) is 0 Å². The third-order valence-corrected chi connectivity index (χ3v) is 4.22.